The molecular formula is C14H27NO7. The molecular weight excluding hydrogens is 294 g/mol. The fourth-order valence-corrected chi connectivity index (χ4v) is 1.35. The van der Waals surface area contributed by atoms with E-state index >= 15 is 0 Å². The summed E-state index contributed by atoms with van der Waals surface area (Å²) >= 11 is 0. The minimum atomic E-state index is -0.867. The van der Waals surface area contributed by atoms with Crippen molar-refractivity contribution in [2.24, 2.45) is 0 Å². The van der Waals surface area contributed by atoms with Crippen molar-refractivity contribution in [3.63, 3.8) is 0 Å². The van der Waals surface area contributed by atoms with Crippen LogP contribution in [0.5, 0.6) is 0 Å². The third kappa shape index (κ3) is 18.9. The van der Waals surface area contributed by atoms with E-state index in [1.54, 1.807) is 0 Å². The van der Waals surface area contributed by atoms with Gasteiger partial charge in [-0.3, -0.25) is 4.79 Å². The molecule has 0 bridgehead atoms. The maximum atomic E-state index is 10.2. The maximum absolute atomic E-state index is 10.2. The zero-order chi connectivity index (χ0) is 16.3. The van der Waals surface area contributed by atoms with Gasteiger partial charge >= 0.3 is 5.97 Å². The molecule has 0 fully saturated rings. The molecule has 0 aliphatic heterocycles. The van der Waals surface area contributed by atoms with Crippen molar-refractivity contribution in [3.05, 3.63) is 0 Å². The monoisotopic (exact) mass is 321 g/mol. The summed E-state index contributed by atoms with van der Waals surface area (Å²) in [6.07, 6.45) is 1.41. The van der Waals surface area contributed by atoms with Crippen LogP contribution in [-0.2, 0) is 28.5 Å². The zero-order valence-corrected chi connectivity index (χ0v) is 13.0. The van der Waals surface area contributed by atoms with Gasteiger partial charge in [-0.05, 0) is 0 Å². The summed E-state index contributed by atoms with van der Waals surface area (Å²) in [7, 11) is 0. The Morgan fingerprint density at radius 3 is 1.82 bits per heavy atom. The summed E-state index contributed by atoms with van der Waals surface area (Å²) in [5.41, 5.74) is 0. The predicted molar refractivity (Wildman–Crippen MR) is 79.1 cm³/mol. The fourth-order valence-electron chi connectivity index (χ4n) is 1.35. The second-order valence-electron chi connectivity index (χ2n) is 4.30. The molecule has 0 unspecified atom stereocenters. The van der Waals surface area contributed by atoms with E-state index in [2.05, 4.69) is 5.32 Å². The van der Waals surface area contributed by atoms with Crippen molar-refractivity contribution in [1.82, 2.24) is 5.32 Å². The van der Waals surface area contributed by atoms with Gasteiger partial charge in [-0.25, -0.2) is 0 Å². The van der Waals surface area contributed by atoms with Crippen LogP contribution in [0.2, 0.25) is 0 Å². The first kappa shape index (κ1) is 20.9. The summed E-state index contributed by atoms with van der Waals surface area (Å²) in [4.78, 5) is 20.3. The Labute approximate surface area is 131 Å². The molecule has 130 valence electrons. The Kier molecular flexibility index (Phi) is 17.1. The number of ether oxygens (including phenoxy) is 4. The average molecular weight is 321 g/mol. The van der Waals surface area contributed by atoms with Gasteiger partial charge in [0.05, 0.1) is 59.3 Å². The smallest absolute Gasteiger partial charge is 0.305 e. The van der Waals surface area contributed by atoms with Gasteiger partial charge in [0, 0.05) is 19.5 Å². The second-order valence-corrected chi connectivity index (χ2v) is 4.30. The van der Waals surface area contributed by atoms with E-state index in [0.717, 1.165) is 12.8 Å². The number of hydrogen-bond donors (Lipinski definition) is 2. The molecule has 0 atom stereocenters. The van der Waals surface area contributed by atoms with Gasteiger partial charge < -0.3 is 34.2 Å². The number of nitrogens with one attached hydrogen (secondary N) is 1. The maximum Gasteiger partial charge on any atom is 0.305 e. The molecule has 8 nitrogen and oxygen atoms in total. The Hall–Kier alpha value is -1.06. The molecule has 22 heavy (non-hydrogen) atoms. The summed E-state index contributed by atoms with van der Waals surface area (Å²) in [6.45, 7) is 4.98. The van der Waals surface area contributed by atoms with Crippen LogP contribution in [0.4, 0.5) is 0 Å². The Morgan fingerprint density at radius 2 is 1.32 bits per heavy atom. The van der Waals surface area contributed by atoms with E-state index in [-0.39, 0.29) is 13.0 Å². The van der Waals surface area contributed by atoms with E-state index in [1.807, 2.05) is 0 Å². The summed E-state index contributed by atoms with van der Waals surface area (Å²) in [5, 5.41) is 11.5. The molecule has 2 N–H and O–H groups in total. The number of carboxylic acid groups (broad SMARTS) is 1. The van der Waals surface area contributed by atoms with Crippen molar-refractivity contribution in [2.45, 2.75) is 12.8 Å². The molecule has 0 aromatic heterocycles. The SMILES string of the molecule is O=CCCNCCOCCOCCOCCOCCC(=O)O. The van der Waals surface area contributed by atoms with Crippen LogP contribution in [0.15, 0.2) is 0 Å². The number of carbonyl (C=O) groups excluding carboxylic acids is 1. The minimum absolute atomic E-state index is 0.00964. The average Bonchev–Trinajstić information content (AvgIpc) is 2.50. The van der Waals surface area contributed by atoms with Crippen LogP contribution in [0.3, 0.4) is 0 Å². The highest BCUT2D eigenvalue weighted by Crippen LogP contribution is 1.85. The summed E-state index contributed by atoms with van der Waals surface area (Å²) in [5.74, 6) is -0.867. The molecule has 0 saturated carbocycles. The minimum Gasteiger partial charge on any atom is -0.481 e. The van der Waals surface area contributed by atoms with Crippen molar-refractivity contribution >= 4 is 12.3 Å². The Morgan fingerprint density at radius 1 is 0.818 bits per heavy atom. The van der Waals surface area contributed by atoms with Crippen molar-refractivity contribution in [2.75, 3.05) is 65.9 Å². The van der Waals surface area contributed by atoms with Gasteiger partial charge in [-0.1, -0.05) is 0 Å². The lowest BCUT2D eigenvalue weighted by Gasteiger charge is -2.07. The molecule has 8 heteroatoms. The van der Waals surface area contributed by atoms with Crippen LogP contribution in [0.1, 0.15) is 12.8 Å². The molecule has 0 saturated heterocycles. The van der Waals surface area contributed by atoms with E-state index in [9.17, 15) is 9.59 Å². The number of rotatable bonds is 18. The van der Waals surface area contributed by atoms with Crippen LogP contribution in [-0.4, -0.2) is 83.3 Å². The first-order valence-electron chi connectivity index (χ1n) is 7.44. The van der Waals surface area contributed by atoms with E-state index in [0.29, 0.717) is 59.2 Å². The summed E-state index contributed by atoms with van der Waals surface area (Å²) in [6, 6.07) is 0. The molecule has 0 rings (SSSR count). The largest absolute Gasteiger partial charge is 0.481 e. The van der Waals surface area contributed by atoms with Gasteiger partial charge in [0.15, 0.2) is 0 Å². The zero-order valence-electron chi connectivity index (χ0n) is 13.0. The van der Waals surface area contributed by atoms with Crippen molar-refractivity contribution < 1.29 is 33.6 Å². The number of carbonyl (C=O) groups is 2. The highest BCUT2D eigenvalue weighted by molar-refractivity contribution is 5.66. The van der Waals surface area contributed by atoms with Crippen LogP contribution < -0.4 is 5.32 Å². The molecule has 0 radical (unpaired) electrons. The predicted octanol–water partition coefficient (Wildman–Crippen LogP) is -0.294. The molecule has 0 aliphatic carbocycles. The Balaban J connectivity index is 2.97. The topological polar surface area (TPSA) is 103 Å². The number of hydrogen-bond acceptors (Lipinski definition) is 7. The molecule has 0 spiro atoms. The van der Waals surface area contributed by atoms with E-state index in [4.69, 9.17) is 24.1 Å². The summed E-state index contributed by atoms with van der Waals surface area (Å²) < 4.78 is 20.9. The van der Waals surface area contributed by atoms with Gasteiger partial charge in [-0.15, -0.1) is 0 Å². The lowest BCUT2D eigenvalue weighted by atomic mass is 10.4. The number of aldehydes is 1. The van der Waals surface area contributed by atoms with Crippen molar-refractivity contribution in [3.8, 4) is 0 Å². The van der Waals surface area contributed by atoms with E-state index in [1.165, 1.54) is 0 Å². The molecule has 0 amide bonds. The van der Waals surface area contributed by atoms with Crippen molar-refractivity contribution in [1.29, 1.82) is 0 Å². The Bertz CT molecular complexity index is 264. The van der Waals surface area contributed by atoms with Crippen LogP contribution >= 0.6 is 0 Å². The first-order valence-corrected chi connectivity index (χ1v) is 7.44. The highest BCUT2D eigenvalue weighted by atomic mass is 16.6. The van der Waals surface area contributed by atoms with Gasteiger partial charge in [-0.2, -0.15) is 0 Å². The fraction of sp³-hybridized carbons (Fsp3) is 0.857. The van der Waals surface area contributed by atoms with Gasteiger partial charge in [0.2, 0.25) is 0 Å². The molecule has 0 aliphatic rings. The first-order chi connectivity index (χ1) is 10.8. The highest BCUT2D eigenvalue weighted by Gasteiger charge is 1.96. The lowest BCUT2D eigenvalue weighted by Crippen LogP contribution is -2.22. The van der Waals surface area contributed by atoms with E-state index < -0.39 is 5.97 Å². The third-order valence-corrected chi connectivity index (χ3v) is 2.44. The third-order valence-electron chi connectivity index (χ3n) is 2.44. The van der Waals surface area contributed by atoms with Gasteiger partial charge in [0.25, 0.3) is 0 Å². The quantitative estimate of drug-likeness (QED) is 0.262. The van der Waals surface area contributed by atoms with Crippen LogP contribution in [0, 0.1) is 0 Å². The molecule has 0 aromatic rings. The van der Waals surface area contributed by atoms with Crippen LogP contribution in [0.25, 0.3) is 0 Å². The lowest BCUT2D eigenvalue weighted by molar-refractivity contribution is -0.138. The molecule has 0 aromatic carbocycles. The van der Waals surface area contributed by atoms with Gasteiger partial charge in [0.1, 0.15) is 6.29 Å². The number of carboxylic acids is 1. The number of aliphatic carboxylic acids is 1. The standard InChI is InChI=1S/C14H27NO7/c16-5-1-3-15-4-7-20-9-11-22-13-12-21-10-8-19-6-2-14(17)18/h5,15H,1-4,6-13H2,(H,17,18). The normalized spacial score (nSPS) is 10.7. The second kappa shape index (κ2) is 18.0. The molecule has 0 heterocycles.